The van der Waals surface area contributed by atoms with Crippen molar-refractivity contribution in [2.24, 2.45) is 4.99 Å². The fourth-order valence-electron chi connectivity index (χ4n) is 2.02. The Morgan fingerprint density at radius 3 is 2.64 bits per heavy atom. The predicted molar refractivity (Wildman–Crippen MR) is 92.5 cm³/mol. The van der Waals surface area contributed by atoms with Crippen LogP contribution in [-0.2, 0) is 12.8 Å². The summed E-state index contributed by atoms with van der Waals surface area (Å²) >= 11 is 7.76. The summed E-state index contributed by atoms with van der Waals surface area (Å²) in [6.07, 6.45) is 1.69. The van der Waals surface area contributed by atoms with E-state index in [1.54, 1.807) is 24.5 Å². The topological polar surface area (TPSA) is 36.4 Å². The number of hydrogen-bond donors (Lipinski definition) is 2. The first-order valence-electron chi connectivity index (χ1n) is 7.10. The zero-order chi connectivity index (χ0) is 15.8. The molecule has 1 aromatic heterocycles. The van der Waals surface area contributed by atoms with Gasteiger partial charge in [-0.15, -0.1) is 11.3 Å². The molecule has 0 atom stereocenters. The summed E-state index contributed by atoms with van der Waals surface area (Å²) in [5.41, 5.74) is 0.921. The Morgan fingerprint density at radius 2 is 2.00 bits per heavy atom. The Bertz CT molecular complexity index is 614. The average molecular weight is 340 g/mol. The standard InChI is InChI=1S/C16H19ClFN3S/c1-19-16(21-9-7-14-3-2-10-22-14)20-8-6-12-4-5-13(18)11-15(12)17/h2-5,10-11H,6-9H2,1H3,(H2,19,20,21). The van der Waals surface area contributed by atoms with Gasteiger partial charge >= 0.3 is 0 Å². The van der Waals surface area contributed by atoms with E-state index in [-0.39, 0.29) is 5.82 Å². The summed E-state index contributed by atoms with van der Waals surface area (Å²) in [6.45, 7) is 1.52. The first kappa shape index (κ1) is 16.8. The van der Waals surface area contributed by atoms with Crippen LogP contribution in [0.1, 0.15) is 10.4 Å². The third-order valence-corrected chi connectivity index (χ3v) is 4.46. The second-order valence-electron chi connectivity index (χ2n) is 4.74. The monoisotopic (exact) mass is 339 g/mol. The number of hydrogen-bond acceptors (Lipinski definition) is 2. The number of nitrogens with one attached hydrogen (secondary N) is 2. The maximum absolute atomic E-state index is 13.0. The van der Waals surface area contributed by atoms with Gasteiger partial charge < -0.3 is 10.6 Å². The van der Waals surface area contributed by atoms with Gasteiger partial charge in [0.05, 0.1) is 0 Å². The van der Waals surface area contributed by atoms with Crippen molar-refractivity contribution in [3.63, 3.8) is 0 Å². The van der Waals surface area contributed by atoms with Crippen LogP contribution in [0.5, 0.6) is 0 Å². The molecule has 0 saturated carbocycles. The van der Waals surface area contributed by atoms with Crippen LogP contribution in [0, 0.1) is 5.82 Å². The number of halogens is 2. The molecule has 0 aliphatic heterocycles. The molecular formula is C16H19ClFN3S. The van der Waals surface area contributed by atoms with E-state index in [4.69, 9.17) is 11.6 Å². The van der Waals surface area contributed by atoms with Crippen molar-refractivity contribution in [3.8, 4) is 0 Å². The molecule has 0 bridgehead atoms. The minimum atomic E-state index is -0.312. The molecule has 0 aliphatic carbocycles. The molecule has 0 aliphatic rings. The molecule has 2 aromatic rings. The third kappa shape index (κ3) is 5.31. The molecule has 0 unspecified atom stereocenters. The zero-order valence-corrected chi connectivity index (χ0v) is 14.0. The molecular weight excluding hydrogens is 321 g/mol. The molecule has 2 rings (SSSR count). The van der Waals surface area contributed by atoms with Crippen molar-refractivity contribution < 1.29 is 4.39 Å². The van der Waals surface area contributed by atoms with Gasteiger partial charge in [-0.05, 0) is 42.0 Å². The Balaban J connectivity index is 1.72. The molecule has 0 radical (unpaired) electrons. The second-order valence-corrected chi connectivity index (χ2v) is 6.18. The van der Waals surface area contributed by atoms with Crippen LogP contribution in [0.15, 0.2) is 40.7 Å². The summed E-state index contributed by atoms with van der Waals surface area (Å²) in [7, 11) is 1.74. The van der Waals surface area contributed by atoms with Gasteiger partial charge in [0.15, 0.2) is 5.96 Å². The quantitative estimate of drug-likeness (QED) is 0.624. The number of rotatable bonds is 6. The first-order valence-corrected chi connectivity index (χ1v) is 8.35. The highest BCUT2D eigenvalue weighted by Crippen LogP contribution is 2.17. The lowest BCUT2D eigenvalue weighted by Crippen LogP contribution is -2.39. The van der Waals surface area contributed by atoms with Gasteiger partial charge in [-0.25, -0.2) is 4.39 Å². The molecule has 0 amide bonds. The van der Waals surface area contributed by atoms with Crippen LogP contribution in [-0.4, -0.2) is 26.1 Å². The molecule has 118 valence electrons. The van der Waals surface area contributed by atoms with Gasteiger partial charge in [0.25, 0.3) is 0 Å². The number of thiophene rings is 1. The first-order chi connectivity index (χ1) is 10.7. The third-order valence-electron chi connectivity index (χ3n) is 3.17. The van der Waals surface area contributed by atoms with Crippen LogP contribution in [0.2, 0.25) is 5.02 Å². The summed E-state index contributed by atoms with van der Waals surface area (Å²) in [4.78, 5) is 5.53. The molecule has 2 N–H and O–H groups in total. The molecule has 6 heteroatoms. The van der Waals surface area contributed by atoms with Gasteiger partial charge in [0.1, 0.15) is 5.82 Å². The van der Waals surface area contributed by atoms with Crippen molar-refractivity contribution >= 4 is 28.9 Å². The lowest BCUT2D eigenvalue weighted by molar-refractivity contribution is 0.627. The molecule has 1 aromatic carbocycles. The second kappa shape index (κ2) is 8.76. The summed E-state index contributed by atoms with van der Waals surface area (Å²) in [6, 6.07) is 8.66. The van der Waals surface area contributed by atoms with E-state index in [2.05, 4.69) is 33.1 Å². The maximum atomic E-state index is 13.0. The Hall–Kier alpha value is -1.59. The number of nitrogens with zero attached hydrogens (tertiary/aromatic N) is 1. The van der Waals surface area contributed by atoms with Crippen LogP contribution in [0.25, 0.3) is 0 Å². The molecule has 0 fully saturated rings. The van der Waals surface area contributed by atoms with Gasteiger partial charge in [-0.2, -0.15) is 0 Å². The van der Waals surface area contributed by atoms with Crippen molar-refractivity contribution in [1.29, 1.82) is 0 Å². The lowest BCUT2D eigenvalue weighted by Gasteiger charge is -2.12. The molecule has 0 saturated heterocycles. The Morgan fingerprint density at radius 1 is 1.23 bits per heavy atom. The average Bonchev–Trinajstić information content (AvgIpc) is 3.01. The van der Waals surface area contributed by atoms with Crippen molar-refractivity contribution in [2.45, 2.75) is 12.8 Å². The fraction of sp³-hybridized carbons (Fsp3) is 0.312. The van der Waals surface area contributed by atoms with E-state index in [0.717, 1.165) is 24.5 Å². The largest absolute Gasteiger partial charge is 0.356 e. The smallest absolute Gasteiger partial charge is 0.190 e. The van der Waals surface area contributed by atoms with E-state index in [1.165, 1.54) is 17.0 Å². The minimum absolute atomic E-state index is 0.312. The van der Waals surface area contributed by atoms with Crippen LogP contribution in [0.3, 0.4) is 0 Å². The Labute approximate surface area is 139 Å². The van der Waals surface area contributed by atoms with Gasteiger partial charge in [-0.3, -0.25) is 4.99 Å². The van der Waals surface area contributed by atoms with Gasteiger partial charge in [0, 0.05) is 30.0 Å². The van der Waals surface area contributed by atoms with Crippen LogP contribution >= 0.6 is 22.9 Å². The van der Waals surface area contributed by atoms with Crippen molar-refractivity contribution in [1.82, 2.24) is 10.6 Å². The highest BCUT2D eigenvalue weighted by molar-refractivity contribution is 7.09. The lowest BCUT2D eigenvalue weighted by atomic mass is 10.1. The van der Waals surface area contributed by atoms with Gasteiger partial charge in [0.2, 0.25) is 0 Å². The number of aliphatic imine (C=N–C) groups is 1. The molecule has 3 nitrogen and oxygen atoms in total. The molecule has 1 heterocycles. The Kier molecular flexibility index (Phi) is 6.68. The van der Waals surface area contributed by atoms with Crippen molar-refractivity contribution in [3.05, 3.63) is 57.0 Å². The van der Waals surface area contributed by atoms with Gasteiger partial charge in [-0.1, -0.05) is 23.7 Å². The van der Waals surface area contributed by atoms with E-state index < -0.39 is 0 Å². The van der Waals surface area contributed by atoms with E-state index in [9.17, 15) is 4.39 Å². The highest BCUT2D eigenvalue weighted by Gasteiger charge is 2.03. The SMILES string of the molecule is CN=C(NCCc1cccs1)NCCc1ccc(F)cc1Cl. The summed E-state index contributed by atoms with van der Waals surface area (Å²) in [5.74, 6) is 0.447. The van der Waals surface area contributed by atoms with Crippen LogP contribution < -0.4 is 10.6 Å². The van der Waals surface area contributed by atoms with E-state index in [0.29, 0.717) is 18.0 Å². The highest BCUT2D eigenvalue weighted by atomic mass is 35.5. The molecule has 22 heavy (non-hydrogen) atoms. The van der Waals surface area contributed by atoms with E-state index in [1.807, 2.05) is 0 Å². The van der Waals surface area contributed by atoms with Crippen molar-refractivity contribution in [2.75, 3.05) is 20.1 Å². The normalized spacial score (nSPS) is 11.5. The van der Waals surface area contributed by atoms with Crippen LogP contribution in [0.4, 0.5) is 4.39 Å². The predicted octanol–water partition coefficient (Wildman–Crippen LogP) is 3.49. The summed E-state index contributed by atoms with van der Waals surface area (Å²) in [5, 5.41) is 9.04. The maximum Gasteiger partial charge on any atom is 0.190 e. The summed E-state index contributed by atoms with van der Waals surface area (Å²) < 4.78 is 13.0. The zero-order valence-electron chi connectivity index (χ0n) is 12.4. The minimum Gasteiger partial charge on any atom is -0.356 e. The fourth-order valence-corrected chi connectivity index (χ4v) is 2.99. The number of guanidine groups is 1. The van der Waals surface area contributed by atoms with E-state index >= 15 is 0 Å². The number of benzene rings is 1. The molecule has 0 spiro atoms.